The van der Waals surface area contributed by atoms with Crippen molar-refractivity contribution >= 4 is 34.4 Å². The van der Waals surface area contributed by atoms with Crippen LogP contribution in [0, 0.1) is 0 Å². The number of hydrogen-bond acceptors (Lipinski definition) is 5. The van der Waals surface area contributed by atoms with E-state index in [0.717, 1.165) is 6.07 Å². The van der Waals surface area contributed by atoms with Crippen molar-refractivity contribution in [1.82, 2.24) is 19.9 Å². The minimum atomic E-state index is -4.56. The molecule has 2 aromatic heterocycles. The molecule has 3 aromatic rings. The lowest BCUT2D eigenvalue weighted by Gasteiger charge is -2.47. The van der Waals surface area contributed by atoms with Gasteiger partial charge in [0.2, 0.25) is 0 Å². The molecular formula is C20H17ClF3N5O. The van der Waals surface area contributed by atoms with Gasteiger partial charge in [-0.25, -0.2) is 15.0 Å². The topological polar surface area (TPSA) is 61.4 Å². The summed E-state index contributed by atoms with van der Waals surface area (Å²) in [6.07, 6.45) is -3.50. The highest BCUT2D eigenvalue weighted by Crippen LogP contribution is 2.40. The summed E-state index contributed by atoms with van der Waals surface area (Å²) >= 11 is 6.10. The number of nitrogens with zero attached hydrogens (tertiary/aromatic N) is 4. The van der Waals surface area contributed by atoms with Gasteiger partial charge in [0.05, 0.1) is 5.56 Å². The third-order valence-electron chi connectivity index (χ3n) is 4.87. The molecule has 0 bridgehead atoms. The molecule has 1 aliphatic heterocycles. The Morgan fingerprint density at radius 2 is 1.87 bits per heavy atom. The van der Waals surface area contributed by atoms with Crippen LogP contribution < -0.4 is 5.43 Å². The molecule has 0 aliphatic carbocycles. The number of hydrazine groups is 1. The number of aromatic nitrogens is 2. The molecule has 1 amide bonds. The van der Waals surface area contributed by atoms with E-state index in [-0.39, 0.29) is 16.9 Å². The van der Waals surface area contributed by atoms with Gasteiger partial charge in [0.1, 0.15) is 11.5 Å². The number of carbonyl (C=O) groups is 1. The SMILES string of the molecule is CN(C)C1C(Cl)C(=O)N1Nc1nc2ncccc2cc1-c1ccccc1C(F)(F)F. The number of carbonyl (C=O) groups excluding carboxylic acids is 1. The maximum Gasteiger partial charge on any atom is 0.417 e. The average molecular weight is 436 g/mol. The summed E-state index contributed by atoms with van der Waals surface area (Å²) in [5.41, 5.74) is 2.55. The molecule has 0 radical (unpaired) electrons. The van der Waals surface area contributed by atoms with Gasteiger partial charge >= 0.3 is 6.18 Å². The van der Waals surface area contributed by atoms with Gasteiger partial charge in [-0.1, -0.05) is 18.2 Å². The average Bonchev–Trinajstić information content (AvgIpc) is 2.71. The number of hydrogen-bond donors (Lipinski definition) is 1. The van der Waals surface area contributed by atoms with E-state index in [4.69, 9.17) is 11.6 Å². The summed E-state index contributed by atoms with van der Waals surface area (Å²) in [6, 6.07) is 10.2. The molecule has 3 heterocycles. The van der Waals surface area contributed by atoms with Crippen LogP contribution in [0.15, 0.2) is 48.7 Å². The Balaban J connectivity index is 1.87. The second kappa shape index (κ2) is 7.41. The molecule has 10 heteroatoms. The summed E-state index contributed by atoms with van der Waals surface area (Å²) in [5, 5.41) is 1.07. The van der Waals surface area contributed by atoms with Crippen LogP contribution in [0.1, 0.15) is 5.56 Å². The Hall–Kier alpha value is -2.91. The predicted octanol–water partition coefficient (Wildman–Crippen LogP) is 3.98. The summed E-state index contributed by atoms with van der Waals surface area (Å²) in [7, 11) is 3.49. The zero-order valence-corrected chi connectivity index (χ0v) is 16.7. The number of anilines is 1. The van der Waals surface area contributed by atoms with Gasteiger partial charge in [-0.2, -0.15) is 13.2 Å². The molecule has 156 valence electrons. The second-order valence-electron chi connectivity index (χ2n) is 7.08. The molecule has 2 atom stereocenters. The first-order valence-corrected chi connectivity index (χ1v) is 9.44. The van der Waals surface area contributed by atoms with E-state index < -0.39 is 29.2 Å². The van der Waals surface area contributed by atoms with Crippen LogP contribution in [-0.4, -0.2) is 51.4 Å². The van der Waals surface area contributed by atoms with E-state index in [1.807, 2.05) is 0 Å². The molecule has 4 rings (SSSR count). The van der Waals surface area contributed by atoms with Crippen molar-refractivity contribution in [3.05, 3.63) is 54.2 Å². The Bertz CT molecular complexity index is 1120. The Kier molecular flexibility index (Phi) is 5.03. The summed E-state index contributed by atoms with van der Waals surface area (Å²) < 4.78 is 41.0. The smallest absolute Gasteiger partial charge is 0.286 e. The number of amides is 1. The molecule has 1 aliphatic rings. The summed E-state index contributed by atoms with van der Waals surface area (Å²) in [5.74, 6) is -0.310. The second-order valence-corrected chi connectivity index (χ2v) is 7.55. The van der Waals surface area contributed by atoms with Crippen LogP contribution >= 0.6 is 11.6 Å². The minimum Gasteiger partial charge on any atom is -0.286 e. The summed E-state index contributed by atoms with van der Waals surface area (Å²) in [6.45, 7) is 0. The lowest BCUT2D eigenvalue weighted by Crippen LogP contribution is -2.69. The van der Waals surface area contributed by atoms with Gasteiger partial charge < -0.3 is 0 Å². The lowest BCUT2D eigenvalue weighted by molar-refractivity contribution is -0.149. The van der Waals surface area contributed by atoms with E-state index in [1.165, 1.54) is 29.4 Å². The summed E-state index contributed by atoms with van der Waals surface area (Å²) in [4.78, 5) is 22.6. The molecule has 1 aromatic carbocycles. The number of nitrogens with one attached hydrogen (secondary N) is 1. The van der Waals surface area contributed by atoms with E-state index in [0.29, 0.717) is 11.0 Å². The Labute approximate surface area is 175 Å². The van der Waals surface area contributed by atoms with E-state index in [2.05, 4.69) is 15.4 Å². The number of benzene rings is 1. The maximum atomic E-state index is 13.7. The highest BCUT2D eigenvalue weighted by atomic mass is 35.5. The van der Waals surface area contributed by atoms with Crippen LogP contribution in [0.4, 0.5) is 19.0 Å². The van der Waals surface area contributed by atoms with Gasteiger partial charge in [-0.05, 0) is 43.9 Å². The normalized spacial score (nSPS) is 19.3. The Morgan fingerprint density at radius 3 is 2.57 bits per heavy atom. The number of fused-ring (bicyclic) bond motifs is 1. The van der Waals surface area contributed by atoms with Gasteiger partial charge in [0.25, 0.3) is 5.91 Å². The van der Waals surface area contributed by atoms with Crippen LogP contribution in [0.5, 0.6) is 0 Å². The monoisotopic (exact) mass is 435 g/mol. The van der Waals surface area contributed by atoms with Gasteiger partial charge in [-0.3, -0.25) is 15.1 Å². The number of rotatable bonds is 4. The molecule has 1 saturated heterocycles. The third-order valence-corrected chi connectivity index (χ3v) is 5.28. The zero-order chi connectivity index (χ0) is 21.6. The highest BCUT2D eigenvalue weighted by Gasteiger charge is 2.48. The largest absolute Gasteiger partial charge is 0.417 e. The van der Waals surface area contributed by atoms with E-state index >= 15 is 0 Å². The standard InChI is InChI=1S/C20H17ClF3N5O/c1-28(2)18-15(21)19(30)29(18)27-17-13(10-11-6-5-9-25-16(11)26-17)12-7-3-4-8-14(12)20(22,23)24/h3-10,15,18H,1-2H3,(H,25,26,27). The lowest BCUT2D eigenvalue weighted by atomic mass is 9.98. The number of β-lactam (4-membered cyclic amide) rings is 1. The number of pyridine rings is 2. The van der Waals surface area contributed by atoms with Crippen molar-refractivity contribution in [1.29, 1.82) is 0 Å². The van der Waals surface area contributed by atoms with Gasteiger partial charge in [0, 0.05) is 17.1 Å². The van der Waals surface area contributed by atoms with Crippen LogP contribution in [0.25, 0.3) is 22.2 Å². The molecule has 30 heavy (non-hydrogen) atoms. The van der Waals surface area contributed by atoms with E-state index in [1.54, 1.807) is 37.2 Å². The van der Waals surface area contributed by atoms with Crippen molar-refractivity contribution in [2.75, 3.05) is 19.5 Å². The number of alkyl halides is 4. The van der Waals surface area contributed by atoms with Crippen molar-refractivity contribution in [2.24, 2.45) is 0 Å². The van der Waals surface area contributed by atoms with Gasteiger partial charge in [-0.15, -0.1) is 11.6 Å². The first-order chi connectivity index (χ1) is 14.2. The van der Waals surface area contributed by atoms with Crippen LogP contribution in [0.3, 0.4) is 0 Å². The predicted molar refractivity (Wildman–Crippen MR) is 108 cm³/mol. The number of halogens is 4. The molecule has 0 saturated carbocycles. The third kappa shape index (κ3) is 3.44. The van der Waals surface area contributed by atoms with E-state index in [9.17, 15) is 18.0 Å². The molecule has 6 nitrogen and oxygen atoms in total. The highest BCUT2D eigenvalue weighted by molar-refractivity contribution is 6.33. The van der Waals surface area contributed by atoms with Crippen LogP contribution in [-0.2, 0) is 11.0 Å². The van der Waals surface area contributed by atoms with Crippen molar-refractivity contribution in [3.8, 4) is 11.1 Å². The first-order valence-electron chi connectivity index (χ1n) is 9.01. The zero-order valence-electron chi connectivity index (χ0n) is 16.0. The molecular weight excluding hydrogens is 419 g/mol. The molecule has 1 N–H and O–H groups in total. The fourth-order valence-corrected chi connectivity index (χ4v) is 3.87. The molecule has 1 fully saturated rings. The van der Waals surface area contributed by atoms with Crippen molar-refractivity contribution in [2.45, 2.75) is 17.7 Å². The fourth-order valence-electron chi connectivity index (χ4n) is 3.43. The van der Waals surface area contributed by atoms with Crippen LogP contribution in [0.2, 0.25) is 0 Å². The fraction of sp³-hybridized carbons (Fsp3) is 0.250. The minimum absolute atomic E-state index is 0.0532. The first kappa shape index (κ1) is 20.4. The van der Waals surface area contributed by atoms with Crippen molar-refractivity contribution < 1.29 is 18.0 Å². The van der Waals surface area contributed by atoms with Crippen molar-refractivity contribution in [3.63, 3.8) is 0 Å². The molecule has 0 spiro atoms. The molecule has 2 unspecified atom stereocenters. The quantitative estimate of drug-likeness (QED) is 0.496. The van der Waals surface area contributed by atoms with Gasteiger partial charge in [0.15, 0.2) is 11.5 Å². The maximum absolute atomic E-state index is 13.7. The Morgan fingerprint density at radius 1 is 1.13 bits per heavy atom.